The van der Waals surface area contributed by atoms with Crippen LogP contribution in [-0.2, 0) is 20.8 Å². The summed E-state index contributed by atoms with van der Waals surface area (Å²) in [5.41, 5.74) is 2.50. The molecule has 1 spiro atoms. The van der Waals surface area contributed by atoms with Gasteiger partial charge in [-0.05, 0) is 48.4 Å². The Bertz CT molecular complexity index is 1040. The van der Waals surface area contributed by atoms with Crippen LogP contribution in [0.15, 0.2) is 42.5 Å². The zero-order chi connectivity index (χ0) is 24.3. The van der Waals surface area contributed by atoms with E-state index in [4.69, 9.17) is 24.2 Å². The van der Waals surface area contributed by atoms with Crippen LogP contribution >= 0.6 is 0 Å². The minimum Gasteiger partial charge on any atom is -0.494 e. The molecule has 35 heavy (non-hydrogen) atoms. The van der Waals surface area contributed by atoms with E-state index in [-0.39, 0.29) is 23.3 Å². The molecule has 8 heteroatoms. The van der Waals surface area contributed by atoms with Crippen molar-refractivity contribution < 1.29 is 23.3 Å². The molecule has 0 amide bonds. The molecule has 1 atom stereocenters. The molecule has 3 aliphatic rings. The third-order valence-electron chi connectivity index (χ3n) is 7.24. The second-order valence-corrected chi connectivity index (χ2v) is 9.81. The fourth-order valence-electron chi connectivity index (χ4n) is 5.20. The molecule has 3 aliphatic heterocycles. The number of nitrogens with zero attached hydrogens (tertiary/aromatic N) is 3. The van der Waals surface area contributed by atoms with E-state index in [9.17, 15) is 4.39 Å². The van der Waals surface area contributed by atoms with Gasteiger partial charge in [0.1, 0.15) is 0 Å². The molecule has 3 fully saturated rings. The van der Waals surface area contributed by atoms with Gasteiger partial charge >= 0.3 is 0 Å². The zero-order valence-electron chi connectivity index (χ0n) is 20.1. The van der Waals surface area contributed by atoms with Gasteiger partial charge in [0.05, 0.1) is 38.6 Å². The Morgan fingerprint density at radius 3 is 2.57 bits per heavy atom. The van der Waals surface area contributed by atoms with E-state index < -0.39 is 0 Å². The lowest BCUT2D eigenvalue weighted by Gasteiger charge is -2.54. The highest BCUT2D eigenvalue weighted by atomic mass is 19.1. The topological polar surface area (TPSA) is 67.2 Å². The van der Waals surface area contributed by atoms with Crippen molar-refractivity contribution in [2.45, 2.75) is 31.7 Å². The Labute approximate surface area is 205 Å². The van der Waals surface area contributed by atoms with Gasteiger partial charge < -0.3 is 23.8 Å². The molecule has 1 unspecified atom stereocenters. The number of hydrogen-bond acceptors (Lipinski definition) is 7. The van der Waals surface area contributed by atoms with Crippen LogP contribution in [0.1, 0.15) is 24.0 Å². The molecule has 0 N–H and O–H groups in total. The first-order chi connectivity index (χ1) is 17.1. The highest BCUT2D eigenvalue weighted by Gasteiger charge is 2.49. The first-order valence-corrected chi connectivity index (χ1v) is 12.2. The predicted molar refractivity (Wildman–Crippen MR) is 129 cm³/mol. The minimum atomic E-state index is -0.382. The Morgan fingerprint density at radius 1 is 1.17 bits per heavy atom. The SMILES string of the molecule is COc1ccc(CN(CCC2OCC3(CO2)CN(C2CCOC2)C3)c2ccc(C#N)cc2)cc1F. The van der Waals surface area contributed by atoms with E-state index in [2.05, 4.69) is 15.9 Å². The van der Waals surface area contributed by atoms with Gasteiger partial charge in [0.15, 0.2) is 17.9 Å². The van der Waals surface area contributed by atoms with Gasteiger partial charge in [0, 0.05) is 56.4 Å². The smallest absolute Gasteiger partial charge is 0.165 e. The monoisotopic (exact) mass is 481 g/mol. The van der Waals surface area contributed by atoms with Crippen molar-refractivity contribution in [2.75, 3.05) is 58.1 Å². The van der Waals surface area contributed by atoms with Crippen molar-refractivity contribution >= 4 is 5.69 Å². The summed E-state index contributed by atoms with van der Waals surface area (Å²) in [7, 11) is 1.46. The van der Waals surface area contributed by atoms with Crippen molar-refractivity contribution in [1.29, 1.82) is 5.26 Å². The average molecular weight is 482 g/mol. The lowest BCUT2D eigenvalue weighted by atomic mass is 9.79. The second-order valence-electron chi connectivity index (χ2n) is 9.81. The number of halogens is 1. The Balaban J connectivity index is 1.18. The summed E-state index contributed by atoms with van der Waals surface area (Å²) in [6, 6.07) is 15.2. The van der Waals surface area contributed by atoms with Gasteiger partial charge in [0.25, 0.3) is 0 Å². The van der Waals surface area contributed by atoms with Crippen molar-refractivity contribution in [3.63, 3.8) is 0 Å². The van der Waals surface area contributed by atoms with Crippen LogP contribution in [0.5, 0.6) is 5.75 Å². The number of nitriles is 1. The Morgan fingerprint density at radius 2 is 1.94 bits per heavy atom. The minimum absolute atomic E-state index is 0.104. The van der Waals surface area contributed by atoms with E-state index in [0.717, 1.165) is 44.0 Å². The number of hydrogen-bond donors (Lipinski definition) is 0. The molecule has 2 aromatic carbocycles. The maximum absolute atomic E-state index is 14.3. The molecule has 186 valence electrons. The van der Waals surface area contributed by atoms with Crippen molar-refractivity contribution in [1.82, 2.24) is 4.90 Å². The quantitative estimate of drug-likeness (QED) is 0.571. The summed E-state index contributed by atoms with van der Waals surface area (Å²) in [5.74, 6) is -0.153. The second kappa shape index (κ2) is 10.5. The van der Waals surface area contributed by atoms with Gasteiger partial charge in [-0.25, -0.2) is 4.39 Å². The molecule has 0 bridgehead atoms. The lowest BCUT2D eigenvalue weighted by molar-refractivity contribution is -0.261. The number of methoxy groups -OCH3 is 1. The third kappa shape index (κ3) is 5.44. The molecule has 7 nitrogen and oxygen atoms in total. The number of ether oxygens (including phenoxy) is 4. The molecule has 3 heterocycles. The number of rotatable bonds is 8. The van der Waals surface area contributed by atoms with Crippen LogP contribution in [0.4, 0.5) is 10.1 Å². The average Bonchev–Trinajstić information content (AvgIpc) is 3.40. The van der Waals surface area contributed by atoms with Gasteiger partial charge in [0.2, 0.25) is 0 Å². The van der Waals surface area contributed by atoms with Crippen LogP contribution in [-0.4, -0.2) is 70.4 Å². The number of anilines is 1. The fourth-order valence-corrected chi connectivity index (χ4v) is 5.20. The normalized spacial score (nSPS) is 22.0. The maximum Gasteiger partial charge on any atom is 0.165 e. The largest absolute Gasteiger partial charge is 0.494 e. The van der Waals surface area contributed by atoms with E-state index in [0.29, 0.717) is 44.3 Å². The van der Waals surface area contributed by atoms with E-state index in [1.807, 2.05) is 18.2 Å². The highest BCUT2D eigenvalue weighted by molar-refractivity contribution is 5.50. The molecule has 0 aromatic heterocycles. The lowest BCUT2D eigenvalue weighted by Crippen LogP contribution is -2.65. The standard InChI is InChI=1S/C27H32FN3O4/c1-32-25-7-4-21(12-24(25)28)14-30(22-5-2-20(13-29)3-6-22)10-8-26-34-18-27(19-35-26)16-31(17-27)23-9-11-33-15-23/h2-7,12,23,26H,8-11,14-19H2,1H3. The van der Waals surface area contributed by atoms with Gasteiger partial charge in [-0.15, -0.1) is 0 Å². The number of benzene rings is 2. The summed E-state index contributed by atoms with van der Waals surface area (Å²) in [6.45, 7) is 6.32. The molecule has 5 rings (SSSR count). The first-order valence-electron chi connectivity index (χ1n) is 12.2. The Hall–Kier alpha value is -2.70. The van der Waals surface area contributed by atoms with Crippen molar-refractivity contribution in [3.8, 4) is 11.8 Å². The fraction of sp³-hybridized carbons (Fsp3) is 0.519. The van der Waals surface area contributed by atoms with E-state index >= 15 is 0 Å². The van der Waals surface area contributed by atoms with Crippen LogP contribution in [0.2, 0.25) is 0 Å². The predicted octanol–water partition coefficient (Wildman–Crippen LogP) is 3.57. The van der Waals surface area contributed by atoms with Gasteiger partial charge in [-0.3, -0.25) is 4.90 Å². The van der Waals surface area contributed by atoms with Crippen LogP contribution in [0.3, 0.4) is 0 Å². The van der Waals surface area contributed by atoms with Crippen LogP contribution < -0.4 is 9.64 Å². The summed E-state index contributed by atoms with van der Waals surface area (Å²) in [6.07, 6.45) is 1.54. The summed E-state index contributed by atoms with van der Waals surface area (Å²) >= 11 is 0. The van der Waals surface area contributed by atoms with E-state index in [1.165, 1.54) is 13.2 Å². The van der Waals surface area contributed by atoms with Gasteiger partial charge in [-0.2, -0.15) is 5.26 Å². The summed E-state index contributed by atoms with van der Waals surface area (Å²) in [4.78, 5) is 4.64. The molecular formula is C27H32FN3O4. The molecule has 0 saturated carbocycles. The Kier molecular flexibility index (Phi) is 7.21. The van der Waals surface area contributed by atoms with Crippen molar-refractivity contribution in [3.05, 3.63) is 59.4 Å². The molecule has 2 aromatic rings. The summed E-state index contributed by atoms with van der Waals surface area (Å²) in [5, 5.41) is 9.14. The third-order valence-corrected chi connectivity index (χ3v) is 7.24. The van der Waals surface area contributed by atoms with Crippen LogP contribution in [0.25, 0.3) is 0 Å². The van der Waals surface area contributed by atoms with Crippen molar-refractivity contribution in [2.24, 2.45) is 5.41 Å². The summed E-state index contributed by atoms with van der Waals surface area (Å²) < 4.78 is 37.1. The molecule has 0 aliphatic carbocycles. The number of likely N-dealkylation sites (tertiary alicyclic amines) is 1. The van der Waals surface area contributed by atoms with Gasteiger partial charge in [-0.1, -0.05) is 6.07 Å². The van der Waals surface area contributed by atoms with E-state index in [1.54, 1.807) is 18.2 Å². The molecule has 3 saturated heterocycles. The van der Waals surface area contributed by atoms with Crippen LogP contribution in [0, 0.1) is 22.6 Å². The first kappa shape index (κ1) is 24.0. The molecular weight excluding hydrogens is 449 g/mol. The molecule has 0 radical (unpaired) electrons. The highest BCUT2D eigenvalue weighted by Crippen LogP contribution is 2.38. The maximum atomic E-state index is 14.3. The zero-order valence-corrected chi connectivity index (χ0v) is 20.1.